The van der Waals surface area contributed by atoms with Crippen LogP contribution < -0.4 is 4.74 Å². The van der Waals surface area contributed by atoms with Gasteiger partial charge in [0.1, 0.15) is 5.75 Å². The number of rotatable bonds is 2. The molecule has 65 valence electrons. The molecular formula is C11H9O2. The van der Waals surface area contributed by atoms with Gasteiger partial charge in [0.15, 0.2) is 0 Å². The number of fused-ring (bicyclic) bond motifs is 1. The largest absolute Gasteiger partial charge is 0.465 e. The Kier molecular flexibility index (Phi) is 2.15. The molecule has 0 aliphatic carbocycles. The molecule has 2 nitrogen and oxygen atoms in total. The van der Waals surface area contributed by atoms with Gasteiger partial charge in [0.05, 0.1) is 0 Å². The van der Waals surface area contributed by atoms with Gasteiger partial charge in [0.2, 0.25) is 6.79 Å². The van der Waals surface area contributed by atoms with Crippen LogP contribution in [-0.4, -0.2) is 6.79 Å². The van der Waals surface area contributed by atoms with Gasteiger partial charge in [-0.3, -0.25) is 0 Å². The van der Waals surface area contributed by atoms with E-state index in [1.165, 1.54) is 0 Å². The second-order valence-electron chi connectivity index (χ2n) is 2.77. The molecule has 0 heterocycles. The summed E-state index contributed by atoms with van der Waals surface area (Å²) in [4.78, 5) is 0. The molecule has 0 unspecified atom stereocenters. The molecule has 13 heavy (non-hydrogen) atoms. The van der Waals surface area contributed by atoms with Crippen LogP contribution >= 0.6 is 0 Å². The minimum atomic E-state index is -0.529. The van der Waals surface area contributed by atoms with E-state index in [0.29, 0.717) is 5.75 Å². The van der Waals surface area contributed by atoms with Gasteiger partial charge in [0, 0.05) is 0 Å². The molecular weight excluding hydrogens is 164 g/mol. The summed E-state index contributed by atoms with van der Waals surface area (Å²) in [5, 5.41) is 12.5. The number of hydrogen-bond acceptors (Lipinski definition) is 1. The lowest BCUT2D eigenvalue weighted by atomic mass is 10.1. The summed E-state index contributed by atoms with van der Waals surface area (Å²) in [6.45, 7) is -0.529. The van der Waals surface area contributed by atoms with E-state index >= 15 is 0 Å². The smallest absolute Gasteiger partial charge is 0.221 e. The Labute approximate surface area is 76.4 Å². The van der Waals surface area contributed by atoms with E-state index in [9.17, 15) is 5.11 Å². The Hall–Kier alpha value is -1.54. The van der Waals surface area contributed by atoms with Gasteiger partial charge >= 0.3 is 0 Å². The van der Waals surface area contributed by atoms with Gasteiger partial charge in [0.25, 0.3) is 0 Å². The molecule has 0 amide bonds. The van der Waals surface area contributed by atoms with Crippen molar-refractivity contribution >= 4 is 10.8 Å². The lowest BCUT2D eigenvalue weighted by Gasteiger charge is -2.02. The first-order valence-electron chi connectivity index (χ1n) is 4.10. The molecule has 0 bridgehead atoms. The van der Waals surface area contributed by atoms with Gasteiger partial charge in [-0.15, -0.1) is 0 Å². The molecule has 0 aliphatic rings. The van der Waals surface area contributed by atoms with Crippen molar-refractivity contribution in [1.82, 2.24) is 0 Å². The molecule has 0 aliphatic heterocycles. The van der Waals surface area contributed by atoms with Gasteiger partial charge in [-0.05, 0) is 22.9 Å². The molecule has 2 rings (SSSR count). The van der Waals surface area contributed by atoms with Crippen molar-refractivity contribution in [2.75, 3.05) is 6.79 Å². The van der Waals surface area contributed by atoms with Crippen LogP contribution in [0.3, 0.4) is 0 Å². The predicted molar refractivity (Wildman–Crippen MR) is 50.1 cm³/mol. The fraction of sp³-hybridized carbons (Fsp3) is 0.0909. The molecule has 1 radical (unpaired) electrons. The third-order valence-electron chi connectivity index (χ3n) is 1.95. The molecule has 0 N–H and O–H groups in total. The second-order valence-corrected chi connectivity index (χ2v) is 2.77. The monoisotopic (exact) mass is 173 g/mol. The van der Waals surface area contributed by atoms with Crippen LogP contribution in [0, 0.1) is 0 Å². The van der Waals surface area contributed by atoms with Crippen molar-refractivity contribution in [1.29, 1.82) is 0 Å². The molecule has 2 aromatic carbocycles. The molecule has 0 atom stereocenters. The van der Waals surface area contributed by atoms with Crippen LogP contribution in [-0.2, 0) is 5.11 Å². The predicted octanol–water partition coefficient (Wildman–Crippen LogP) is 2.61. The minimum Gasteiger partial charge on any atom is -0.465 e. The zero-order valence-electron chi connectivity index (χ0n) is 7.07. The first-order chi connectivity index (χ1) is 6.40. The van der Waals surface area contributed by atoms with Crippen molar-refractivity contribution in [3.63, 3.8) is 0 Å². The van der Waals surface area contributed by atoms with E-state index in [0.717, 1.165) is 10.8 Å². The summed E-state index contributed by atoms with van der Waals surface area (Å²) >= 11 is 0. The maximum Gasteiger partial charge on any atom is 0.221 e. The first kappa shape index (κ1) is 8.08. The summed E-state index contributed by atoms with van der Waals surface area (Å²) in [5.41, 5.74) is 0. The van der Waals surface area contributed by atoms with Crippen LogP contribution in [0.5, 0.6) is 5.75 Å². The number of ether oxygens (including phenoxy) is 1. The maximum atomic E-state index is 10.2. The summed E-state index contributed by atoms with van der Waals surface area (Å²) in [6, 6.07) is 13.6. The van der Waals surface area contributed by atoms with E-state index in [4.69, 9.17) is 4.74 Å². The minimum absolute atomic E-state index is 0.529. The topological polar surface area (TPSA) is 29.1 Å². The molecule has 0 saturated heterocycles. The zero-order valence-corrected chi connectivity index (χ0v) is 7.07. The standard InChI is InChI=1S/C11H9O2/c12-8-13-11-6-5-9-3-1-2-4-10(9)7-11/h1-7H,8H2. The van der Waals surface area contributed by atoms with Crippen molar-refractivity contribution < 1.29 is 9.84 Å². The van der Waals surface area contributed by atoms with E-state index in [1.54, 1.807) is 6.07 Å². The normalized spacial score (nSPS) is 10.2. The van der Waals surface area contributed by atoms with Crippen LogP contribution in [0.2, 0.25) is 0 Å². The van der Waals surface area contributed by atoms with Gasteiger partial charge in [-0.2, -0.15) is 5.11 Å². The van der Waals surface area contributed by atoms with Gasteiger partial charge < -0.3 is 4.74 Å². The average Bonchev–Trinajstić information content (AvgIpc) is 2.18. The van der Waals surface area contributed by atoms with Crippen molar-refractivity contribution in [2.24, 2.45) is 0 Å². The Balaban J connectivity index is 2.49. The van der Waals surface area contributed by atoms with Crippen molar-refractivity contribution in [2.45, 2.75) is 0 Å². The highest BCUT2D eigenvalue weighted by Crippen LogP contribution is 2.20. The van der Waals surface area contributed by atoms with Crippen LogP contribution in [0.25, 0.3) is 10.8 Å². The zero-order chi connectivity index (χ0) is 9.10. The van der Waals surface area contributed by atoms with E-state index in [1.807, 2.05) is 36.4 Å². The molecule has 2 aromatic rings. The second kappa shape index (κ2) is 3.46. The fourth-order valence-electron chi connectivity index (χ4n) is 1.33. The molecule has 0 fully saturated rings. The highest BCUT2D eigenvalue weighted by atomic mass is 16.6. The molecule has 0 spiro atoms. The van der Waals surface area contributed by atoms with E-state index in [2.05, 4.69) is 0 Å². The van der Waals surface area contributed by atoms with Crippen molar-refractivity contribution in [3.8, 4) is 5.75 Å². The third-order valence-corrected chi connectivity index (χ3v) is 1.95. The fourth-order valence-corrected chi connectivity index (χ4v) is 1.33. The highest BCUT2D eigenvalue weighted by molar-refractivity contribution is 5.83. The number of benzene rings is 2. The Bertz CT molecular complexity index is 410. The summed E-state index contributed by atoms with van der Waals surface area (Å²) in [6.07, 6.45) is 0. The van der Waals surface area contributed by atoms with Gasteiger partial charge in [-0.1, -0.05) is 30.3 Å². The quantitative estimate of drug-likeness (QED) is 0.642. The lowest BCUT2D eigenvalue weighted by Crippen LogP contribution is -1.92. The van der Waals surface area contributed by atoms with Crippen LogP contribution in [0.15, 0.2) is 42.5 Å². The van der Waals surface area contributed by atoms with E-state index < -0.39 is 6.79 Å². The lowest BCUT2D eigenvalue weighted by molar-refractivity contribution is 0.0377. The number of hydrogen-bond donors (Lipinski definition) is 0. The molecule has 2 heteroatoms. The van der Waals surface area contributed by atoms with Crippen molar-refractivity contribution in [3.05, 3.63) is 42.5 Å². The SMILES string of the molecule is [O]COc1ccc2ccccc2c1. The average molecular weight is 173 g/mol. The summed E-state index contributed by atoms with van der Waals surface area (Å²) < 4.78 is 4.86. The summed E-state index contributed by atoms with van der Waals surface area (Å²) in [7, 11) is 0. The van der Waals surface area contributed by atoms with E-state index in [-0.39, 0.29) is 0 Å². The third kappa shape index (κ3) is 1.63. The Morgan fingerprint density at radius 3 is 2.54 bits per heavy atom. The van der Waals surface area contributed by atoms with Crippen LogP contribution in [0.1, 0.15) is 0 Å². The first-order valence-corrected chi connectivity index (χ1v) is 4.10. The molecule has 0 aromatic heterocycles. The highest BCUT2D eigenvalue weighted by Gasteiger charge is 1.95. The summed E-state index contributed by atoms with van der Waals surface area (Å²) in [5.74, 6) is 0.633. The Morgan fingerprint density at radius 2 is 1.77 bits per heavy atom. The maximum absolute atomic E-state index is 10.2. The molecule has 0 saturated carbocycles. The van der Waals surface area contributed by atoms with Crippen LogP contribution in [0.4, 0.5) is 0 Å². The van der Waals surface area contributed by atoms with Gasteiger partial charge in [-0.25, -0.2) is 0 Å². The Morgan fingerprint density at radius 1 is 1.00 bits per heavy atom.